The largest absolute Gasteiger partial charge is 0.493 e. The van der Waals surface area contributed by atoms with E-state index in [9.17, 15) is 24.6 Å². The van der Waals surface area contributed by atoms with Crippen molar-refractivity contribution in [1.29, 1.82) is 0 Å². The van der Waals surface area contributed by atoms with Crippen molar-refractivity contribution in [2.45, 2.75) is 62.7 Å². The summed E-state index contributed by atoms with van der Waals surface area (Å²) in [5.41, 5.74) is 1.20. The van der Waals surface area contributed by atoms with E-state index in [1.54, 1.807) is 30.2 Å². The van der Waals surface area contributed by atoms with Gasteiger partial charge in [0.15, 0.2) is 11.5 Å². The van der Waals surface area contributed by atoms with E-state index < -0.39 is 30.1 Å². The number of aliphatic hydroxyl groups is 2. The molecule has 1 aromatic carbocycles. The summed E-state index contributed by atoms with van der Waals surface area (Å²) in [4.78, 5) is 40.0. The number of carbonyl (C=O) groups is 3. The minimum atomic E-state index is -1.15. The normalized spacial score (nSPS) is 24.2. The first kappa shape index (κ1) is 28.1. The van der Waals surface area contributed by atoms with Gasteiger partial charge in [-0.2, -0.15) is 0 Å². The van der Waals surface area contributed by atoms with Crippen LogP contribution in [0, 0.1) is 5.92 Å². The number of aliphatic hydroxyl groups excluding tert-OH is 2. The fraction of sp³-hybridized carbons (Fsp3) is 0.607. The van der Waals surface area contributed by atoms with E-state index in [-0.39, 0.29) is 32.2 Å². The number of benzene rings is 1. The van der Waals surface area contributed by atoms with Gasteiger partial charge >= 0.3 is 0 Å². The third-order valence-electron chi connectivity index (χ3n) is 7.87. The van der Waals surface area contributed by atoms with Crippen molar-refractivity contribution in [3.8, 4) is 11.5 Å². The SMILES string of the molecule is COCCN(C(=O)CCC1CCCC1)C1C=C(C(=O)NCCO)C2c3cc(C=O)cc(OC)c3OC2C1O. The van der Waals surface area contributed by atoms with Gasteiger partial charge in [0.25, 0.3) is 0 Å². The molecule has 0 bridgehead atoms. The van der Waals surface area contributed by atoms with Crippen LogP contribution in [0.2, 0.25) is 0 Å². The third-order valence-corrected chi connectivity index (χ3v) is 7.87. The van der Waals surface area contributed by atoms with Crippen molar-refractivity contribution in [3.63, 3.8) is 0 Å². The number of aldehydes is 1. The van der Waals surface area contributed by atoms with E-state index in [2.05, 4.69) is 5.32 Å². The predicted molar refractivity (Wildman–Crippen MR) is 138 cm³/mol. The van der Waals surface area contributed by atoms with Gasteiger partial charge in [0.05, 0.1) is 32.3 Å². The lowest BCUT2D eigenvalue weighted by Crippen LogP contribution is -2.56. The number of nitrogens with one attached hydrogen (secondary N) is 1. The van der Waals surface area contributed by atoms with Gasteiger partial charge in [-0.15, -0.1) is 0 Å². The quantitative estimate of drug-likeness (QED) is 0.347. The molecule has 0 saturated heterocycles. The van der Waals surface area contributed by atoms with Crippen molar-refractivity contribution in [3.05, 3.63) is 34.9 Å². The van der Waals surface area contributed by atoms with Crippen LogP contribution in [0.1, 0.15) is 60.4 Å². The average Bonchev–Trinajstić information content (AvgIpc) is 3.59. The molecule has 2 aliphatic carbocycles. The lowest BCUT2D eigenvalue weighted by Gasteiger charge is -2.40. The minimum absolute atomic E-state index is 0.0416. The number of hydrogen-bond acceptors (Lipinski definition) is 8. The van der Waals surface area contributed by atoms with Gasteiger partial charge in [-0.1, -0.05) is 25.7 Å². The monoisotopic (exact) mass is 530 g/mol. The van der Waals surface area contributed by atoms with E-state index >= 15 is 0 Å². The standard InChI is InChI=1S/C28H38N2O8/c1-36-12-10-30(23(33)8-7-17-5-3-4-6-17)21-15-20(28(35)29-9-11-31)24-19-13-18(16-32)14-22(37-2)26(19)38-27(24)25(21)34/h13-17,21,24-25,27,31,34H,3-12H2,1-2H3,(H,29,35). The number of rotatable bonds is 12. The number of fused-ring (bicyclic) bond motifs is 3. The minimum Gasteiger partial charge on any atom is -0.493 e. The summed E-state index contributed by atoms with van der Waals surface area (Å²) in [7, 11) is 3.00. The van der Waals surface area contributed by atoms with Gasteiger partial charge < -0.3 is 34.6 Å². The Morgan fingerprint density at radius 1 is 1.24 bits per heavy atom. The highest BCUT2D eigenvalue weighted by Crippen LogP contribution is 2.51. The Morgan fingerprint density at radius 2 is 2.00 bits per heavy atom. The maximum atomic E-state index is 13.5. The molecule has 1 heterocycles. The van der Waals surface area contributed by atoms with Crippen LogP contribution in [0.4, 0.5) is 0 Å². The van der Waals surface area contributed by atoms with Gasteiger partial charge in [-0.05, 0) is 30.5 Å². The lowest BCUT2D eigenvalue weighted by molar-refractivity contribution is -0.138. The summed E-state index contributed by atoms with van der Waals surface area (Å²) < 4.78 is 16.9. The molecule has 3 N–H and O–H groups in total. The smallest absolute Gasteiger partial charge is 0.247 e. The van der Waals surface area contributed by atoms with Crippen LogP contribution in [0.15, 0.2) is 23.8 Å². The lowest BCUT2D eigenvalue weighted by atomic mass is 9.77. The maximum Gasteiger partial charge on any atom is 0.247 e. The van der Waals surface area contributed by atoms with Crippen LogP contribution < -0.4 is 14.8 Å². The molecular weight excluding hydrogens is 492 g/mol. The molecule has 4 atom stereocenters. The van der Waals surface area contributed by atoms with Crippen LogP contribution in [0.3, 0.4) is 0 Å². The molecule has 4 rings (SSSR count). The van der Waals surface area contributed by atoms with E-state index in [4.69, 9.17) is 14.2 Å². The van der Waals surface area contributed by atoms with E-state index in [0.29, 0.717) is 46.8 Å². The number of methoxy groups -OCH3 is 2. The molecule has 1 aromatic rings. The average molecular weight is 531 g/mol. The zero-order valence-corrected chi connectivity index (χ0v) is 22.1. The number of amides is 2. The first-order chi connectivity index (χ1) is 18.4. The zero-order chi connectivity index (χ0) is 27.2. The van der Waals surface area contributed by atoms with Gasteiger partial charge in [-0.3, -0.25) is 14.4 Å². The molecule has 1 saturated carbocycles. The highest BCUT2D eigenvalue weighted by Gasteiger charge is 2.51. The van der Waals surface area contributed by atoms with Gasteiger partial charge in [0, 0.05) is 43.3 Å². The molecule has 1 aliphatic heterocycles. The Morgan fingerprint density at radius 3 is 2.66 bits per heavy atom. The summed E-state index contributed by atoms with van der Waals surface area (Å²) in [6.45, 7) is 0.311. The van der Waals surface area contributed by atoms with Gasteiger partial charge in [0.2, 0.25) is 11.8 Å². The summed E-state index contributed by atoms with van der Waals surface area (Å²) >= 11 is 0. The molecule has 1 fully saturated rings. The van der Waals surface area contributed by atoms with Gasteiger partial charge in [-0.25, -0.2) is 0 Å². The number of carbonyl (C=O) groups excluding carboxylic acids is 3. The van der Waals surface area contributed by atoms with Crippen molar-refractivity contribution in [1.82, 2.24) is 10.2 Å². The number of hydrogen-bond donors (Lipinski definition) is 3. The topological polar surface area (TPSA) is 135 Å². The third kappa shape index (κ3) is 5.72. The predicted octanol–water partition coefficient (Wildman–Crippen LogP) is 1.58. The van der Waals surface area contributed by atoms with E-state index in [0.717, 1.165) is 19.3 Å². The van der Waals surface area contributed by atoms with Crippen molar-refractivity contribution in [2.75, 3.05) is 40.5 Å². The summed E-state index contributed by atoms with van der Waals surface area (Å²) in [6, 6.07) is 2.34. The Kier molecular flexibility index (Phi) is 9.40. The molecule has 10 heteroatoms. The van der Waals surface area contributed by atoms with Crippen LogP contribution >= 0.6 is 0 Å². The number of nitrogens with zero attached hydrogens (tertiary/aromatic N) is 1. The van der Waals surface area contributed by atoms with E-state index in [1.165, 1.54) is 20.0 Å². The Balaban J connectivity index is 1.71. The molecule has 4 unspecified atom stereocenters. The Bertz CT molecular complexity index is 1050. The zero-order valence-electron chi connectivity index (χ0n) is 22.1. The summed E-state index contributed by atoms with van der Waals surface area (Å²) in [5, 5.41) is 23.6. The fourth-order valence-corrected chi connectivity index (χ4v) is 5.96. The molecule has 10 nitrogen and oxygen atoms in total. The molecule has 208 valence electrons. The number of ether oxygens (including phenoxy) is 3. The van der Waals surface area contributed by atoms with E-state index in [1.807, 2.05) is 0 Å². The van der Waals surface area contributed by atoms with Crippen LogP contribution in [0.5, 0.6) is 11.5 Å². The molecule has 0 radical (unpaired) electrons. The molecule has 2 amide bonds. The van der Waals surface area contributed by atoms with Crippen LogP contribution in [-0.2, 0) is 14.3 Å². The second kappa shape index (κ2) is 12.7. The molecule has 38 heavy (non-hydrogen) atoms. The van der Waals surface area contributed by atoms with Crippen LogP contribution in [0.25, 0.3) is 0 Å². The molecule has 0 aromatic heterocycles. The van der Waals surface area contributed by atoms with Crippen molar-refractivity contribution < 1.29 is 38.8 Å². The molecule has 0 spiro atoms. The Hall–Kier alpha value is -2.95. The Labute approximate surface area is 222 Å². The van der Waals surface area contributed by atoms with Crippen LogP contribution in [-0.4, -0.2) is 92.0 Å². The first-order valence-electron chi connectivity index (χ1n) is 13.3. The highest BCUT2D eigenvalue weighted by atomic mass is 16.5. The van der Waals surface area contributed by atoms with Crippen molar-refractivity contribution >= 4 is 18.1 Å². The molecular formula is C28H38N2O8. The second-order valence-corrected chi connectivity index (χ2v) is 10.2. The molecule has 3 aliphatic rings. The van der Waals surface area contributed by atoms with Gasteiger partial charge in [0.1, 0.15) is 18.5 Å². The first-order valence-corrected chi connectivity index (χ1v) is 13.3. The summed E-state index contributed by atoms with van der Waals surface area (Å²) in [6.07, 6.45) is 6.05. The second-order valence-electron chi connectivity index (χ2n) is 10.2. The maximum absolute atomic E-state index is 13.5. The summed E-state index contributed by atoms with van der Waals surface area (Å²) in [5.74, 6) is -0.0403. The fourth-order valence-electron chi connectivity index (χ4n) is 5.96. The van der Waals surface area contributed by atoms with Crippen molar-refractivity contribution in [2.24, 2.45) is 5.92 Å². The highest BCUT2D eigenvalue weighted by molar-refractivity contribution is 5.96.